The number of aryl methyl sites for hydroxylation is 1. The van der Waals surface area contributed by atoms with E-state index in [1.807, 2.05) is 54.1 Å². The van der Waals surface area contributed by atoms with Crippen molar-refractivity contribution in [1.29, 1.82) is 0 Å². The molecule has 1 amide bonds. The zero-order valence-electron chi connectivity index (χ0n) is 22.9. The van der Waals surface area contributed by atoms with Gasteiger partial charge in [0, 0.05) is 12.1 Å². The Hall–Kier alpha value is -4.90. The van der Waals surface area contributed by atoms with Crippen molar-refractivity contribution in [2.24, 2.45) is 0 Å². The zero-order chi connectivity index (χ0) is 28.6. The molecule has 3 aromatic carbocycles. The summed E-state index contributed by atoms with van der Waals surface area (Å²) in [5.41, 5.74) is 4.38. The van der Waals surface area contributed by atoms with Crippen molar-refractivity contribution >= 4 is 11.6 Å². The van der Waals surface area contributed by atoms with Crippen LogP contribution in [0.5, 0.6) is 5.75 Å². The summed E-state index contributed by atoms with van der Waals surface area (Å²) in [5.74, 6) is 0.170. The van der Waals surface area contributed by atoms with Crippen molar-refractivity contribution in [2.45, 2.75) is 38.3 Å². The van der Waals surface area contributed by atoms with Gasteiger partial charge in [-0.25, -0.2) is 14.1 Å². The van der Waals surface area contributed by atoms with Crippen LogP contribution in [0.1, 0.15) is 52.0 Å². The summed E-state index contributed by atoms with van der Waals surface area (Å²) in [6.07, 6.45) is 5.92. The summed E-state index contributed by atoms with van der Waals surface area (Å²) in [7, 11) is 0. The highest BCUT2D eigenvalue weighted by Crippen LogP contribution is 2.40. The maximum Gasteiger partial charge on any atom is 0.258 e. The van der Waals surface area contributed by atoms with Crippen LogP contribution in [0.4, 0.5) is 10.1 Å². The first-order valence-corrected chi connectivity index (χ1v) is 13.9. The molecule has 1 atom stereocenters. The Morgan fingerprint density at radius 1 is 1.14 bits per heavy atom. The van der Waals surface area contributed by atoms with Crippen molar-refractivity contribution in [2.75, 3.05) is 18.5 Å². The van der Waals surface area contributed by atoms with E-state index in [9.17, 15) is 4.79 Å². The van der Waals surface area contributed by atoms with Crippen LogP contribution < -0.4 is 10.1 Å². The highest BCUT2D eigenvalue weighted by molar-refractivity contribution is 6.06. The standard InChI is InChI=1S/C31H28FN7O3/c1-19-12-25(32)24(13-28(19)38-14-27(33-18-38)21-10-11-21)31(40)34-26-9-5-8-23-29(26)42-17-22(39-30(23)35-36-37-39)16-41-15-20-6-3-2-4-7-20/h2-9,12-14,18,21-22H,10-11,15-17H2,1H3,(H,34,40)/t22-/m0/s1. The summed E-state index contributed by atoms with van der Waals surface area (Å²) >= 11 is 0. The third-order valence-corrected chi connectivity index (χ3v) is 7.59. The van der Waals surface area contributed by atoms with Gasteiger partial charge in [0.05, 0.1) is 47.7 Å². The minimum atomic E-state index is -0.612. The van der Waals surface area contributed by atoms with Gasteiger partial charge in [-0.15, -0.1) is 5.10 Å². The molecule has 7 rings (SSSR count). The van der Waals surface area contributed by atoms with Crippen LogP contribution in [0, 0.1) is 12.7 Å². The Bertz CT molecular complexity index is 1760. The van der Waals surface area contributed by atoms with E-state index in [0.717, 1.165) is 24.1 Å². The summed E-state index contributed by atoms with van der Waals surface area (Å²) in [6.45, 7) is 2.77. The topological polar surface area (TPSA) is 109 Å². The first-order valence-electron chi connectivity index (χ1n) is 13.9. The van der Waals surface area contributed by atoms with E-state index in [1.54, 1.807) is 29.2 Å². The minimum absolute atomic E-state index is 0.0829. The van der Waals surface area contributed by atoms with Crippen LogP contribution in [0.15, 0.2) is 73.2 Å². The molecule has 3 heterocycles. The molecule has 10 nitrogen and oxygen atoms in total. The van der Waals surface area contributed by atoms with E-state index in [1.165, 1.54) is 6.07 Å². The molecular weight excluding hydrogens is 537 g/mol. The van der Waals surface area contributed by atoms with Gasteiger partial charge in [0.2, 0.25) is 0 Å². The van der Waals surface area contributed by atoms with E-state index in [4.69, 9.17) is 9.47 Å². The summed E-state index contributed by atoms with van der Waals surface area (Å²) in [5, 5.41) is 15.1. The van der Waals surface area contributed by atoms with E-state index >= 15 is 4.39 Å². The molecule has 1 aliphatic heterocycles. The molecule has 2 aliphatic rings. The van der Waals surface area contributed by atoms with Crippen molar-refractivity contribution in [3.8, 4) is 22.8 Å². The predicted molar refractivity (Wildman–Crippen MR) is 152 cm³/mol. The quantitative estimate of drug-likeness (QED) is 0.274. The van der Waals surface area contributed by atoms with Gasteiger partial charge in [-0.2, -0.15) is 0 Å². The molecule has 11 heteroatoms. The molecule has 212 valence electrons. The Morgan fingerprint density at radius 3 is 2.83 bits per heavy atom. The number of nitrogens with zero attached hydrogens (tertiary/aromatic N) is 6. The summed E-state index contributed by atoms with van der Waals surface area (Å²) in [6, 6.07) is 17.8. The number of carbonyl (C=O) groups is 1. The first-order chi connectivity index (χ1) is 20.5. The minimum Gasteiger partial charge on any atom is -0.488 e. The van der Waals surface area contributed by atoms with E-state index in [2.05, 4.69) is 25.8 Å². The Balaban J connectivity index is 1.13. The highest BCUT2D eigenvalue weighted by atomic mass is 19.1. The number of halogens is 1. The monoisotopic (exact) mass is 565 g/mol. The Labute approximate surface area is 241 Å². The zero-order valence-corrected chi connectivity index (χ0v) is 22.9. The lowest BCUT2D eigenvalue weighted by Crippen LogP contribution is -2.23. The molecule has 1 N–H and O–H groups in total. The highest BCUT2D eigenvalue weighted by Gasteiger charge is 2.29. The van der Waals surface area contributed by atoms with Gasteiger partial charge in [-0.3, -0.25) is 4.79 Å². The molecule has 0 spiro atoms. The van der Waals surface area contributed by atoms with Gasteiger partial charge in [-0.05, 0) is 65.6 Å². The van der Waals surface area contributed by atoms with Crippen molar-refractivity contribution in [3.63, 3.8) is 0 Å². The summed E-state index contributed by atoms with van der Waals surface area (Å²) < 4.78 is 30.8. The second kappa shape index (κ2) is 10.8. The van der Waals surface area contributed by atoms with Gasteiger partial charge < -0.3 is 19.4 Å². The van der Waals surface area contributed by atoms with Gasteiger partial charge in [0.25, 0.3) is 5.91 Å². The van der Waals surface area contributed by atoms with Crippen LogP contribution >= 0.6 is 0 Å². The third kappa shape index (κ3) is 5.03. The third-order valence-electron chi connectivity index (χ3n) is 7.59. The molecular formula is C31H28FN7O3. The number of fused-ring (bicyclic) bond motifs is 3. The number of imidazole rings is 1. The van der Waals surface area contributed by atoms with Crippen molar-refractivity contribution in [1.82, 2.24) is 29.8 Å². The average molecular weight is 566 g/mol. The number of para-hydroxylation sites is 1. The molecule has 0 bridgehead atoms. The number of hydrogen-bond donors (Lipinski definition) is 1. The van der Waals surface area contributed by atoms with E-state index in [-0.39, 0.29) is 18.2 Å². The number of rotatable bonds is 8. The lowest BCUT2D eigenvalue weighted by atomic mass is 10.1. The number of amides is 1. The number of aromatic nitrogens is 6. The SMILES string of the molecule is Cc1cc(F)c(C(=O)Nc2cccc3c2OC[C@H](COCc2ccccc2)n2nnnc2-3)cc1-n1cnc(C2CC2)c1. The lowest BCUT2D eigenvalue weighted by Gasteiger charge is -2.17. The summed E-state index contributed by atoms with van der Waals surface area (Å²) in [4.78, 5) is 18.0. The molecule has 5 aromatic rings. The Kier molecular flexibility index (Phi) is 6.71. The molecule has 1 fully saturated rings. The van der Waals surface area contributed by atoms with Crippen LogP contribution in [-0.2, 0) is 11.3 Å². The molecule has 1 saturated carbocycles. The maximum absolute atomic E-state index is 15.1. The molecule has 0 radical (unpaired) electrons. The maximum atomic E-state index is 15.1. The number of anilines is 1. The molecule has 2 aromatic heterocycles. The van der Waals surface area contributed by atoms with E-state index < -0.39 is 11.7 Å². The fourth-order valence-electron chi connectivity index (χ4n) is 5.20. The normalized spacial score (nSPS) is 15.8. The average Bonchev–Trinajstić information content (AvgIpc) is 3.57. The van der Waals surface area contributed by atoms with Gasteiger partial charge in [0.1, 0.15) is 18.5 Å². The van der Waals surface area contributed by atoms with Crippen molar-refractivity contribution in [3.05, 3.63) is 101 Å². The van der Waals surface area contributed by atoms with Crippen LogP contribution in [0.25, 0.3) is 17.1 Å². The predicted octanol–water partition coefficient (Wildman–Crippen LogP) is 5.25. The second-order valence-corrected chi connectivity index (χ2v) is 10.6. The number of benzene rings is 3. The lowest BCUT2D eigenvalue weighted by molar-refractivity contribution is 0.0690. The van der Waals surface area contributed by atoms with Gasteiger partial charge in [-0.1, -0.05) is 36.4 Å². The van der Waals surface area contributed by atoms with Crippen LogP contribution in [-0.4, -0.2) is 48.9 Å². The second-order valence-electron chi connectivity index (χ2n) is 10.6. The van der Waals surface area contributed by atoms with Crippen molar-refractivity contribution < 1.29 is 18.7 Å². The largest absolute Gasteiger partial charge is 0.488 e. The van der Waals surface area contributed by atoms with Crippen LogP contribution in [0.3, 0.4) is 0 Å². The molecule has 42 heavy (non-hydrogen) atoms. The number of nitrogens with one attached hydrogen (secondary N) is 1. The van der Waals surface area contributed by atoms with E-state index in [0.29, 0.717) is 53.2 Å². The number of hydrogen-bond acceptors (Lipinski definition) is 7. The molecule has 0 unspecified atom stereocenters. The molecule has 1 aliphatic carbocycles. The fourth-order valence-corrected chi connectivity index (χ4v) is 5.20. The number of tetrazole rings is 1. The van der Waals surface area contributed by atoms with Gasteiger partial charge >= 0.3 is 0 Å². The van der Waals surface area contributed by atoms with Gasteiger partial charge in [0.15, 0.2) is 11.6 Å². The fraction of sp³-hybridized carbons (Fsp3) is 0.258. The number of ether oxygens (including phenoxy) is 2. The smallest absolute Gasteiger partial charge is 0.258 e. The Morgan fingerprint density at radius 2 is 2.00 bits per heavy atom. The van der Waals surface area contributed by atoms with Crippen LogP contribution in [0.2, 0.25) is 0 Å². The number of carbonyl (C=O) groups excluding carboxylic acids is 1. The molecule has 0 saturated heterocycles. The first kappa shape index (κ1) is 26.0.